The maximum absolute atomic E-state index is 11.8. The van der Waals surface area contributed by atoms with Crippen LogP contribution < -0.4 is 5.32 Å². The zero-order chi connectivity index (χ0) is 12.1. The van der Waals surface area contributed by atoms with Gasteiger partial charge >= 0.3 is 0 Å². The van der Waals surface area contributed by atoms with E-state index in [1.165, 1.54) is 17.5 Å². The Hall–Kier alpha value is -2.19. The molecule has 0 bridgehead atoms. The topological polar surface area (TPSA) is 65.8 Å². The van der Waals surface area contributed by atoms with Crippen molar-refractivity contribution in [3.63, 3.8) is 0 Å². The Bertz CT molecular complexity index is 531. The van der Waals surface area contributed by atoms with Crippen LogP contribution in [0.25, 0.3) is 0 Å². The van der Waals surface area contributed by atoms with Gasteiger partial charge in [-0.05, 0) is 34.5 Å². The second-order valence-corrected chi connectivity index (χ2v) is 4.11. The molecule has 2 aromatic heterocycles. The molecular formula is C12H9N3OS. The van der Waals surface area contributed by atoms with Crippen molar-refractivity contribution in [3.8, 4) is 6.07 Å². The van der Waals surface area contributed by atoms with Gasteiger partial charge in [-0.2, -0.15) is 16.6 Å². The van der Waals surface area contributed by atoms with Crippen molar-refractivity contribution in [2.45, 2.75) is 6.04 Å². The van der Waals surface area contributed by atoms with E-state index < -0.39 is 6.04 Å². The lowest BCUT2D eigenvalue weighted by Crippen LogP contribution is -2.27. The number of carbonyl (C=O) groups is 1. The number of carbonyl (C=O) groups excluding carboxylic acids is 1. The maximum Gasteiger partial charge on any atom is 0.254 e. The molecule has 0 saturated carbocycles. The summed E-state index contributed by atoms with van der Waals surface area (Å²) in [6.45, 7) is 0. The van der Waals surface area contributed by atoms with Crippen molar-refractivity contribution >= 4 is 17.2 Å². The minimum Gasteiger partial charge on any atom is -0.332 e. The fourth-order valence-corrected chi connectivity index (χ4v) is 2.03. The first kappa shape index (κ1) is 11.3. The molecular weight excluding hydrogens is 234 g/mol. The van der Waals surface area contributed by atoms with Crippen LogP contribution in [0.5, 0.6) is 0 Å². The van der Waals surface area contributed by atoms with E-state index in [1.807, 2.05) is 16.8 Å². The third-order valence-electron chi connectivity index (χ3n) is 2.20. The number of pyridine rings is 1. The zero-order valence-corrected chi connectivity index (χ0v) is 9.65. The van der Waals surface area contributed by atoms with Crippen LogP contribution in [0.1, 0.15) is 22.0 Å². The molecule has 2 heterocycles. The average molecular weight is 243 g/mol. The van der Waals surface area contributed by atoms with Crippen molar-refractivity contribution in [2.75, 3.05) is 0 Å². The monoisotopic (exact) mass is 243 g/mol. The number of hydrogen-bond donors (Lipinski definition) is 1. The van der Waals surface area contributed by atoms with Crippen LogP contribution in [0.4, 0.5) is 0 Å². The van der Waals surface area contributed by atoms with Gasteiger partial charge in [-0.3, -0.25) is 9.78 Å². The van der Waals surface area contributed by atoms with Crippen LogP contribution in [0.3, 0.4) is 0 Å². The second kappa shape index (κ2) is 5.23. The summed E-state index contributed by atoms with van der Waals surface area (Å²) >= 11 is 1.49. The predicted molar refractivity (Wildman–Crippen MR) is 64.4 cm³/mol. The first-order chi connectivity index (χ1) is 8.31. The summed E-state index contributed by atoms with van der Waals surface area (Å²) in [5, 5.41) is 15.4. The molecule has 0 fully saturated rings. The van der Waals surface area contributed by atoms with Gasteiger partial charge in [0.05, 0.1) is 11.6 Å². The lowest BCUT2D eigenvalue weighted by Gasteiger charge is -2.09. The van der Waals surface area contributed by atoms with E-state index in [0.29, 0.717) is 5.56 Å². The van der Waals surface area contributed by atoms with E-state index in [0.717, 1.165) is 5.56 Å². The van der Waals surface area contributed by atoms with Crippen molar-refractivity contribution in [1.29, 1.82) is 5.26 Å². The standard InChI is InChI=1S/C12H9N3OS/c13-6-11(10-3-5-17-8-10)15-12(16)9-2-1-4-14-7-9/h1-5,7-8,11H,(H,15,16). The molecule has 0 aromatic carbocycles. The van der Waals surface area contributed by atoms with Crippen molar-refractivity contribution in [1.82, 2.24) is 10.3 Å². The minimum absolute atomic E-state index is 0.296. The molecule has 0 saturated heterocycles. The van der Waals surface area contributed by atoms with Crippen LogP contribution in [0.15, 0.2) is 41.4 Å². The summed E-state index contributed by atoms with van der Waals surface area (Å²) in [7, 11) is 0. The number of nitriles is 1. The lowest BCUT2D eigenvalue weighted by atomic mass is 10.1. The largest absolute Gasteiger partial charge is 0.332 e. The van der Waals surface area contributed by atoms with Gasteiger partial charge in [-0.1, -0.05) is 0 Å². The second-order valence-electron chi connectivity index (χ2n) is 3.33. The highest BCUT2D eigenvalue weighted by molar-refractivity contribution is 7.08. The van der Waals surface area contributed by atoms with E-state index in [4.69, 9.17) is 5.26 Å². The summed E-state index contributed by atoms with van der Waals surface area (Å²) in [5.41, 5.74) is 1.25. The highest BCUT2D eigenvalue weighted by atomic mass is 32.1. The molecule has 0 spiro atoms. The first-order valence-electron chi connectivity index (χ1n) is 4.94. The zero-order valence-electron chi connectivity index (χ0n) is 8.83. The maximum atomic E-state index is 11.8. The van der Waals surface area contributed by atoms with Gasteiger partial charge in [-0.15, -0.1) is 0 Å². The minimum atomic E-state index is -0.617. The number of rotatable bonds is 3. The fourth-order valence-electron chi connectivity index (χ4n) is 1.34. The highest BCUT2D eigenvalue weighted by Gasteiger charge is 2.15. The number of nitrogens with one attached hydrogen (secondary N) is 1. The van der Waals surface area contributed by atoms with E-state index in [1.54, 1.807) is 18.3 Å². The molecule has 1 amide bonds. The summed E-state index contributed by atoms with van der Waals surface area (Å²) in [6.07, 6.45) is 3.06. The molecule has 1 N–H and O–H groups in total. The predicted octanol–water partition coefficient (Wildman–Crippen LogP) is 2.14. The molecule has 2 aromatic rings. The number of thiophene rings is 1. The summed E-state index contributed by atoms with van der Waals surface area (Å²) < 4.78 is 0. The van der Waals surface area contributed by atoms with Crippen molar-refractivity contribution < 1.29 is 4.79 Å². The normalized spacial score (nSPS) is 11.5. The van der Waals surface area contributed by atoms with Crippen LogP contribution in [0, 0.1) is 11.3 Å². The van der Waals surface area contributed by atoms with E-state index in [9.17, 15) is 4.79 Å². The molecule has 0 aliphatic heterocycles. The quantitative estimate of drug-likeness (QED) is 0.898. The van der Waals surface area contributed by atoms with Gasteiger partial charge < -0.3 is 5.32 Å². The highest BCUT2D eigenvalue weighted by Crippen LogP contribution is 2.16. The Balaban J connectivity index is 2.11. The van der Waals surface area contributed by atoms with Gasteiger partial charge in [0.25, 0.3) is 5.91 Å². The molecule has 1 unspecified atom stereocenters. The molecule has 5 heteroatoms. The van der Waals surface area contributed by atoms with Crippen LogP contribution in [-0.4, -0.2) is 10.9 Å². The lowest BCUT2D eigenvalue weighted by molar-refractivity contribution is 0.0945. The third kappa shape index (κ3) is 2.68. The molecule has 0 aliphatic rings. The Morgan fingerprint density at radius 2 is 2.41 bits per heavy atom. The number of nitrogens with zero attached hydrogens (tertiary/aromatic N) is 2. The molecule has 0 aliphatic carbocycles. The summed E-state index contributed by atoms with van der Waals surface area (Å²) in [6, 6.07) is 6.60. The number of aromatic nitrogens is 1. The van der Waals surface area contributed by atoms with Gasteiger partial charge in [0.1, 0.15) is 6.04 Å². The van der Waals surface area contributed by atoms with Crippen LogP contribution in [0.2, 0.25) is 0 Å². The van der Waals surface area contributed by atoms with Crippen LogP contribution in [-0.2, 0) is 0 Å². The van der Waals surface area contributed by atoms with Gasteiger partial charge in [-0.25, -0.2) is 0 Å². The van der Waals surface area contributed by atoms with E-state index in [-0.39, 0.29) is 5.91 Å². The molecule has 4 nitrogen and oxygen atoms in total. The van der Waals surface area contributed by atoms with Gasteiger partial charge in [0.15, 0.2) is 0 Å². The summed E-state index contributed by atoms with van der Waals surface area (Å²) in [5.74, 6) is -0.296. The van der Waals surface area contributed by atoms with Gasteiger partial charge in [0.2, 0.25) is 0 Å². The number of hydrogen-bond acceptors (Lipinski definition) is 4. The first-order valence-corrected chi connectivity index (χ1v) is 5.88. The Morgan fingerprint density at radius 1 is 1.53 bits per heavy atom. The fraction of sp³-hybridized carbons (Fsp3) is 0.0833. The molecule has 0 radical (unpaired) electrons. The molecule has 1 atom stereocenters. The molecule has 84 valence electrons. The Morgan fingerprint density at radius 3 is 3.00 bits per heavy atom. The third-order valence-corrected chi connectivity index (χ3v) is 2.91. The molecule has 2 rings (SSSR count). The van der Waals surface area contributed by atoms with E-state index in [2.05, 4.69) is 16.4 Å². The Kier molecular flexibility index (Phi) is 3.48. The van der Waals surface area contributed by atoms with E-state index >= 15 is 0 Å². The number of amides is 1. The van der Waals surface area contributed by atoms with Crippen molar-refractivity contribution in [3.05, 3.63) is 52.5 Å². The SMILES string of the molecule is N#CC(NC(=O)c1cccnc1)c1ccsc1. The van der Waals surface area contributed by atoms with Crippen LogP contribution >= 0.6 is 11.3 Å². The summed E-state index contributed by atoms with van der Waals surface area (Å²) in [4.78, 5) is 15.7. The Labute approximate surface area is 103 Å². The molecule has 17 heavy (non-hydrogen) atoms. The smallest absolute Gasteiger partial charge is 0.254 e. The van der Waals surface area contributed by atoms with Gasteiger partial charge in [0, 0.05) is 12.4 Å². The van der Waals surface area contributed by atoms with Crippen molar-refractivity contribution in [2.24, 2.45) is 0 Å². The average Bonchev–Trinajstić information content (AvgIpc) is 2.90.